The fourth-order valence-corrected chi connectivity index (χ4v) is 1.77. The Morgan fingerprint density at radius 3 is 2.76 bits per heavy atom. The Labute approximate surface area is 122 Å². The van der Waals surface area contributed by atoms with Gasteiger partial charge in [-0.2, -0.15) is 0 Å². The smallest absolute Gasteiger partial charge is 0.306 e. The monoisotopic (exact) mass is 284 g/mol. The molecule has 0 radical (unpaired) electrons. The number of hydrogen-bond acceptors (Lipinski definition) is 4. The quantitative estimate of drug-likeness (QED) is 0.883. The third-order valence-corrected chi connectivity index (χ3v) is 2.74. The molecule has 0 unspecified atom stereocenters. The second kappa shape index (κ2) is 7.19. The summed E-state index contributed by atoms with van der Waals surface area (Å²) in [6.45, 7) is 2.09. The molecule has 1 aromatic heterocycles. The maximum atomic E-state index is 10.5. The number of ether oxygens (including phenoxy) is 1. The summed E-state index contributed by atoms with van der Waals surface area (Å²) >= 11 is 0. The van der Waals surface area contributed by atoms with Crippen LogP contribution in [-0.4, -0.2) is 27.7 Å². The lowest BCUT2D eigenvalue weighted by molar-refractivity contribution is -0.137. The van der Waals surface area contributed by atoms with E-state index in [4.69, 9.17) is 9.84 Å². The van der Waals surface area contributed by atoms with Crippen molar-refractivity contribution in [3.8, 4) is 5.75 Å². The minimum Gasteiger partial charge on any atom is -0.493 e. The van der Waals surface area contributed by atoms with Gasteiger partial charge in [-0.15, -0.1) is 0 Å². The molecular weight excluding hydrogens is 268 g/mol. The topological polar surface area (TPSA) is 72.3 Å². The van der Waals surface area contributed by atoms with E-state index < -0.39 is 5.97 Å². The highest BCUT2D eigenvalue weighted by Crippen LogP contribution is 2.18. The van der Waals surface area contributed by atoms with Crippen molar-refractivity contribution >= 4 is 17.6 Å². The van der Waals surface area contributed by atoms with Gasteiger partial charge < -0.3 is 9.84 Å². The summed E-state index contributed by atoms with van der Waals surface area (Å²) in [6.07, 6.45) is 5.34. The standard InChI is InChI=1S/C16H16N2O3/c1-12(16-17-7-3-8-18-16)10-13-4-2-5-14(11-13)21-9-6-15(19)20/h2-5,7-8,10-11H,6,9H2,1H3,(H,19,20)/b12-10+. The molecule has 1 N–H and O–H groups in total. The van der Waals surface area contributed by atoms with E-state index in [1.54, 1.807) is 24.5 Å². The van der Waals surface area contributed by atoms with E-state index in [0.717, 1.165) is 11.1 Å². The van der Waals surface area contributed by atoms with Crippen LogP contribution < -0.4 is 4.74 Å². The molecule has 5 heteroatoms. The number of aromatic nitrogens is 2. The van der Waals surface area contributed by atoms with Crippen LogP contribution in [0.1, 0.15) is 24.7 Å². The Kier molecular flexibility index (Phi) is 5.04. The van der Waals surface area contributed by atoms with E-state index in [2.05, 4.69) is 9.97 Å². The van der Waals surface area contributed by atoms with Crippen molar-refractivity contribution in [2.45, 2.75) is 13.3 Å². The molecule has 108 valence electrons. The maximum absolute atomic E-state index is 10.5. The van der Waals surface area contributed by atoms with Crippen molar-refractivity contribution in [2.24, 2.45) is 0 Å². The average molecular weight is 284 g/mol. The third-order valence-electron chi connectivity index (χ3n) is 2.74. The number of rotatable bonds is 6. The number of benzene rings is 1. The Balaban J connectivity index is 2.08. The summed E-state index contributed by atoms with van der Waals surface area (Å²) in [5.41, 5.74) is 1.89. The molecule has 0 aliphatic carbocycles. The molecule has 1 heterocycles. The number of carbonyl (C=O) groups is 1. The molecule has 0 aliphatic rings. The van der Waals surface area contributed by atoms with Gasteiger partial charge in [0, 0.05) is 12.4 Å². The lowest BCUT2D eigenvalue weighted by Crippen LogP contribution is -2.04. The summed E-state index contributed by atoms with van der Waals surface area (Å²) in [4.78, 5) is 18.8. The molecule has 0 bridgehead atoms. The van der Waals surface area contributed by atoms with Gasteiger partial charge in [0.15, 0.2) is 5.82 Å². The van der Waals surface area contributed by atoms with Crippen molar-refractivity contribution in [1.82, 2.24) is 9.97 Å². The third kappa shape index (κ3) is 4.72. The predicted octanol–water partition coefficient (Wildman–Crippen LogP) is 2.89. The van der Waals surface area contributed by atoms with Crippen molar-refractivity contribution in [3.63, 3.8) is 0 Å². The number of hydrogen-bond donors (Lipinski definition) is 1. The first-order valence-corrected chi connectivity index (χ1v) is 6.55. The normalized spacial score (nSPS) is 11.2. The van der Waals surface area contributed by atoms with Crippen molar-refractivity contribution in [1.29, 1.82) is 0 Å². The summed E-state index contributed by atoms with van der Waals surface area (Å²) < 4.78 is 5.40. The van der Waals surface area contributed by atoms with Gasteiger partial charge in [0.2, 0.25) is 0 Å². The second-order valence-electron chi connectivity index (χ2n) is 4.46. The van der Waals surface area contributed by atoms with Gasteiger partial charge in [0.1, 0.15) is 5.75 Å². The zero-order valence-corrected chi connectivity index (χ0v) is 11.7. The van der Waals surface area contributed by atoms with Crippen molar-refractivity contribution < 1.29 is 14.6 Å². The summed E-state index contributed by atoms with van der Waals surface area (Å²) in [5.74, 6) is 0.449. The van der Waals surface area contributed by atoms with E-state index in [0.29, 0.717) is 11.6 Å². The van der Waals surface area contributed by atoms with E-state index >= 15 is 0 Å². The highest BCUT2D eigenvalue weighted by molar-refractivity contribution is 5.77. The zero-order valence-electron chi connectivity index (χ0n) is 11.7. The van der Waals surface area contributed by atoms with E-state index in [-0.39, 0.29) is 13.0 Å². The zero-order chi connectivity index (χ0) is 15.1. The number of carboxylic acid groups (broad SMARTS) is 1. The van der Waals surface area contributed by atoms with Crippen LogP contribution >= 0.6 is 0 Å². The first-order valence-electron chi connectivity index (χ1n) is 6.55. The largest absolute Gasteiger partial charge is 0.493 e. The van der Waals surface area contributed by atoms with Gasteiger partial charge in [-0.05, 0) is 42.3 Å². The molecule has 5 nitrogen and oxygen atoms in total. The van der Waals surface area contributed by atoms with Crippen LogP contribution in [0.25, 0.3) is 11.6 Å². The molecule has 0 spiro atoms. The van der Waals surface area contributed by atoms with Crippen LogP contribution in [0.15, 0.2) is 42.7 Å². The Morgan fingerprint density at radius 2 is 2.05 bits per heavy atom. The molecule has 2 rings (SSSR count). The summed E-state index contributed by atoms with van der Waals surface area (Å²) in [6, 6.07) is 9.23. The molecule has 1 aromatic carbocycles. The van der Waals surface area contributed by atoms with Crippen molar-refractivity contribution in [3.05, 3.63) is 54.1 Å². The molecule has 0 aliphatic heterocycles. The first kappa shape index (κ1) is 14.7. The van der Waals surface area contributed by atoms with Crippen LogP contribution in [0.4, 0.5) is 0 Å². The fraction of sp³-hybridized carbons (Fsp3) is 0.188. The van der Waals surface area contributed by atoms with Gasteiger partial charge >= 0.3 is 5.97 Å². The fourth-order valence-electron chi connectivity index (χ4n) is 1.77. The Hall–Kier alpha value is -2.69. The first-order chi connectivity index (χ1) is 10.1. The van der Waals surface area contributed by atoms with Crippen LogP contribution in [0.5, 0.6) is 5.75 Å². The summed E-state index contributed by atoms with van der Waals surface area (Å²) in [7, 11) is 0. The molecule has 0 amide bonds. The summed E-state index contributed by atoms with van der Waals surface area (Å²) in [5, 5.41) is 8.59. The van der Waals surface area contributed by atoms with Gasteiger partial charge in [-0.25, -0.2) is 9.97 Å². The molecule has 21 heavy (non-hydrogen) atoms. The SMILES string of the molecule is C/C(=C\c1cccc(OCCC(=O)O)c1)c1ncccn1. The molecular formula is C16H16N2O3. The lowest BCUT2D eigenvalue weighted by Gasteiger charge is -2.06. The predicted molar refractivity (Wildman–Crippen MR) is 79.8 cm³/mol. The molecule has 2 aromatic rings. The number of nitrogens with zero attached hydrogens (tertiary/aromatic N) is 2. The van der Waals surface area contributed by atoms with Crippen LogP contribution in [0, 0.1) is 0 Å². The van der Waals surface area contributed by atoms with E-state index in [1.807, 2.05) is 31.2 Å². The molecule has 0 fully saturated rings. The van der Waals surface area contributed by atoms with Gasteiger partial charge in [-0.3, -0.25) is 4.79 Å². The van der Waals surface area contributed by atoms with Gasteiger partial charge in [-0.1, -0.05) is 12.1 Å². The highest BCUT2D eigenvalue weighted by atomic mass is 16.5. The minimum atomic E-state index is -0.872. The highest BCUT2D eigenvalue weighted by Gasteiger charge is 2.01. The number of aliphatic carboxylic acids is 1. The molecule has 0 atom stereocenters. The van der Waals surface area contributed by atoms with E-state index in [9.17, 15) is 4.79 Å². The Morgan fingerprint density at radius 1 is 1.29 bits per heavy atom. The van der Waals surface area contributed by atoms with Crippen LogP contribution in [0.3, 0.4) is 0 Å². The van der Waals surface area contributed by atoms with Crippen molar-refractivity contribution in [2.75, 3.05) is 6.61 Å². The van der Waals surface area contributed by atoms with Crippen LogP contribution in [0.2, 0.25) is 0 Å². The lowest BCUT2D eigenvalue weighted by atomic mass is 10.1. The van der Waals surface area contributed by atoms with E-state index in [1.165, 1.54) is 0 Å². The maximum Gasteiger partial charge on any atom is 0.306 e. The minimum absolute atomic E-state index is 0.0169. The molecule has 0 saturated carbocycles. The Bertz CT molecular complexity index is 639. The van der Waals surface area contributed by atoms with Gasteiger partial charge in [0.05, 0.1) is 13.0 Å². The molecule has 0 saturated heterocycles. The second-order valence-corrected chi connectivity index (χ2v) is 4.46. The number of allylic oxidation sites excluding steroid dienone is 1. The average Bonchev–Trinajstić information content (AvgIpc) is 2.48. The van der Waals surface area contributed by atoms with Crippen LogP contribution in [-0.2, 0) is 4.79 Å². The van der Waals surface area contributed by atoms with Gasteiger partial charge in [0.25, 0.3) is 0 Å². The number of carboxylic acids is 1.